The molecule has 4 aromatic rings. The van der Waals surface area contributed by atoms with E-state index in [0.717, 1.165) is 35.7 Å². The van der Waals surface area contributed by atoms with E-state index in [1.54, 1.807) is 50.9 Å². The molecule has 0 bridgehead atoms. The van der Waals surface area contributed by atoms with Crippen molar-refractivity contribution < 1.29 is 28.5 Å². The smallest absolute Gasteiger partial charge is 0.232 e. The van der Waals surface area contributed by atoms with Crippen molar-refractivity contribution in [2.75, 3.05) is 51.3 Å². The Hall–Kier alpha value is -4.12. The minimum Gasteiger partial charge on any atom is -0.491 e. The van der Waals surface area contributed by atoms with E-state index in [2.05, 4.69) is 41.0 Å². The Labute approximate surface area is 274 Å². The molecule has 4 heterocycles. The Balaban J connectivity index is 1.10. The fourth-order valence-electron chi connectivity index (χ4n) is 4.97. The van der Waals surface area contributed by atoms with Crippen LogP contribution in [-0.2, 0) is 31.9 Å². The van der Waals surface area contributed by atoms with E-state index in [9.17, 15) is 9.59 Å². The molecule has 2 N–H and O–H groups in total. The summed E-state index contributed by atoms with van der Waals surface area (Å²) in [6.45, 7) is 1.78. The molecule has 0 saturated heterocycles. The highest BCUT2D eigenvalue weighted by Gasteiger charge is 2.29. The van der Waals surface area contributed by atoms with Crippen molar-refractivity contribution in [2.24, 2.45) is 0 Å². The normalized spacial score (nSPS) is 16.1. The summed E-state index contributed by atoms with van der Waals surface area (Å²) in [6.07, 6.45) is 7.19. The van der Waals surface area contributed by atoms with Gasteiger partial charge in [-0.15, -0.1) is 20.4 Å². The van der Waals surface area contributed by atoms with Crippen molar-refractivity contribution in [1.82, 2.24) is 30.4 Å². The summed E-state index contributed by atoms with van der Waals surface area (Å²) in [5.74, 6) is 1.19. The number of ether oxygens (including phenoxy) is 4. The van der Waals surface area contributed by atoms with Crippen LogP contribution in [0.1, 0.15) is 58.9 Å². The van der Waals surface area contributed by atoms with Gasteiger partial charge in [-0.25, -0.2) is 0 Å². The Kier molecular flexibility index (Phi) is 12.3. The van der Waals surface area contributed by atoms with E-state index in [4.69, 9.17) is 18.9 Å². The summed E-state index contributed by atoms with van der Waals surface area (Å²) in [5.41, 5.74) is 1.18. The standard InChI is InChI=1S/C30H36N8O6S2/c1-41-10-12-43-23-6-8-31-21(15-23)17-25(39)33-29-37-35-27(45-29)19-4-3-5-20(14-19)28-36-38-30(46-28)34-26(40)18-22-16-24(7-9-32-22)44-13-11-42-2/h6-9,15-16,19-20H,3-5,10-14,17-18H2,1-2H3,(H,33,37,39)(H,34,38,40). The van der Waals surface area contributed by atoms with Gasteiger partial charge >= 0.3 is 0 Å². The molecule has 2 amide bonds. The van der Waals surface area contributed by atoms with Crippen molar-refractivity contribution in [3.05, 3.63) is 58.1 Å². The molecule has 14 nitrogen and oxygen atoms in total. The lowest BCUT2D eigenvalue weighted by molar-refractivity contribution is -0.116. The van der Waals surface area contributed by atoms with Crippen molar-refractivity contribution in [3.63, 3.8) is 0 Å². The number of rotatable bonds is 16. The van der Waals surface area contributed by atoms with Gasteiger partial charge in [0.1, 0.15) is 34.7 Å². The van der Waals surface area contributed by atoms with E-state index in [-0.39, 0.29) is 36.5 Å². The largest absolute Gasteiger partial charge is 0.491 e. The van der Waals surface area contributed by atoms with Crippen LogP contribution in [0.2, 0.25) is 0 Å². The monoisotopic (exact) mass is 668 g/mol. The van der Waals surface area contributed by atoms with Crippen LogP contribution in [0, 0.1) is 0 Å². The summed E-state index contributed by atoms with van der Waals surface area (Å²) >= 11 is 2.78. The first-order chi connectivity index (χ1) is 22.5. The maximum atomic E-state index is 12.7. The molecule has 4 aromatic heterocycles. The molecule has 244 valence electrons. The molecule has 0 aromatic carbocycles. The number of hydrogen-bond donors (Lipinski definition) is 2. The zero-order valence-corrected chi connectivity index (χ0v) is 27.3. The van der Waals surface area contributed by atoms with Crippen LogP contribution in [0.15, 0.2) is 36.7 Å². The van der Waals surface area contributed by atoms with Gasteiger partial charge in [-0.2, -0.15) is 0 Å². The van der Waals surface area contributed by atoms with Crippen molar-refractivity contribution >= 4 is 44.8 Å². The minimum atomic E-state index is -0.229. The van der Waals surface area contributed by atoms with Gasteiger partial charge in [0.25, 0.3) is 0 Å². The van der Waals surface area contributed by atoms with Crippen LogP contribution in [0.3, 0.4) is 0 Å². The predicted molar refractivity (Wildman–Crippen MR) is 172 cm³/mol. The molecule has 1 aliphatic carbocycles. The molecule has 2 atom stereocenters. The summed E-state index contributed by atoms with van der Waals surface area (Å²) in [6, 6.07) is 6.96. The highest BCUT2D eigenvalue weighted by molar-refractivity contribution is 7.15. The summed E-state index contributed by atoms with van der Waals surface area (Å²) in [4.78, 5) is 33.9. The number of carbonyl (C=O) groups excluding carboxylic acids is 2. The van der Waals surface area contributed by atoms with Gasteiger partial charge in [0, 0.05) is 50.6 Å². The Bertz CT molecular complexity index is 1470. The number of hydrogen-bond acceptors (Lipinski definition) is 14. The van der Waals surface area contributed by atoms with Gasteiger partial charge in [-0.3, -0.25) is 19.6 Å². The zero-order chi connectivity index (χ0) is 32.1. The first-order valence-electron chi connectivity index (χ1n) is 14.9. The van der Waals surface area contributed by atoms with Crippen LogP contribution in [0.25, 0.3) is 0 Å². The molecule has 0 radical (unpaired) electrons. The molecule has 5 rings (SSSR count). The average molecular weight is 669 g/mol. The van der Waals surface area contributed by atoms with Gasteiger partial charge in [-0.1, -0.05) is 29.1 Å². The maximum Gasteiger partial charge on any atom is 0.232 e. The van der Waals surface area contributed by atoms with E-state index in [1.807, 2.05) is 0 Å². The van der Waals surface area contributed by atoms with Crippen LogP contribution in [-0.4, -0.2) is 82.8 Å². The Morgan fingerprint density at radius 2 is 1.22 bits per heavy atom. The third-order valence-corrected chi connectivity index (χ3v) is 9.12. The fourth-order valence-corrected chi connectivity index (χ4v) is 6.78. The SMILES string of the molecule is COCCOc1ccnc(CC(=O)Nc2nnc(C3CCCC(c4nnc(NC(=O)Cc5cc(OCCOC)ccn5)s4)C3)s2)c1. The number of nitrogens with zero attached hydrogens (tertiary/aromatic N) is 6. The Morgan fingerprint density at radius 3 is 1.67 bits per heavy atom. The Morgan fingerprint density at radius 1 is 0.739 bits per heavy atom. The number of methoxy groups -OCH3 is 2. The zero-order valence-electron chi connectivity index (χ0n) is 25.6. The lowest BCUT2D eigenvalue weighted by Gasteiger charge is -2.25. The lowest BCUT2D eigenvalue weighted by Crippen LogP contribution is -2.15. The molecule has 1 aliphatic rings. The van der Waals surface area contributed by atoms with E-state index < -0.39 is 0 Å². The quantitative estimate of drug-likeness (QED) is 0.164. The number of pyridine rings is 2. The fraction of sp³-hybridized carbons (Fsp3) is 0.467. The second-order valence-electron chi connectivity index (χ2n) is 10.5. The highest BCUT2D eigenvalue weighted by Crippen LogP contribution is 2.43. The second-order valence-corrected chi connectivity index (χ2v) is 12.6. The first kappa shape index (κ1) is 33.2. The molecular weight excluding hydrogens is 633 g/mol. The molecule has 0 spiro atoms. The molecular formula is C30H36N8O6S2. The van der Waals surface area contributed by atoms with E-state index in [0.29, 0.717) is 59.6 Å². The highest BCUT2D eigenvalue weighted by atomic mass is 32.1. The molecule has 2 unspecified atom stereocenters. The van der Waals surface area contributed by atoms with Crippen molar-refractivity contribution in [3.8, 4) is 11.5 Å². The van der Waals surface area contributed by atoms with Crippen molar-refractivity contribution in [1.29, 1.82) is 0 Å². The van der Waals surface area contributed by atoms with Gasteiger partial charge in [-0.05, 0) is 31.4 Å². The summed E-state index contributed by atoms with van der Waals surface area (Å²) < 4.78 is 21.2. The topological polar surface area (TPSA) is 172 Å². The van der Waals surface area contributed by atoms with Gasteiger partial charge in [0.2, 0.25) is 22.1 Å². The maximum absolute atomic E-state index is 12.7. The first-order valence-corrected chi connectivity index (χ1v) is 16.5. The third-order valence-electron chi connectivity index (χ3n) is 7.12. The number of aromatic nitrogens is 6. The van der Waals surface area contributed by atoms with Crippen LogP contribution < -0.4 is 20.1 Å². The molecule has 46 heavy (non-hydrogen) atoms. The van der Waals surface area contributed by atoms with Gasteiger partial charge in [0.05, 0.1) is 37.4 Å². The van der Waals surface area contributed by atoms with Crippen LogP contribution >= 0.6 is 22.7 Å². The predicted octanol–water partition coefficient (Wildman–Crippen LogP) is 4.03. The summed E-state index contributed by atoms with van der Waals surface area (Å²) in [7, 11) is 3.22. The number of nitrogens with one attached hydrogen (secondary N) is 2. The molecule has 0 aliphatic heterocycles. The number of carbonyl (C=O) groups is 2. The van der Waals surface area contributed by atoms with Gasteiger partial charge in [0.15, 0.2) is 0 Å². The molecule has 16 heteroatoms. The van der Waals surface area contributed by atoms with Crippen LogP contribution in [0.4, 0.5) is 10.3 Å². The van der Waals surface area contributed by atoms with E-state index >= 15 is 0 Å². The lowest BCUT2D eigenvalue weighted by atomic mass is 9.82. The molecule has 1 fully saturated rings. The number of anilines is 2. The van der Waals surface area contributed by atoms with Crippen LogP contribution in [0.5, 0.6) is 11.5 Å². The van der Waals surface area contributed by atoms with Gasteiger partial charge < -0.3 is 29.6 Å². The third kappa shape index (κ3) is 9.94. The van der Waals surface area contributed by atoms with Crippen molar-refractivity contribution in [2.45, 2.75) is 50.4 Å². The molecule has 1 saturated carbocycles. The van der Waals surface area contributed by atoms with E-state index in [1.165, 1.54) is 22.7 Å². The minimum absolute atomic E-state index is 0.0873. The second kappa shape index (κ2) is 17.0. The number of amides is 2. The summed E-state index contributed by atoms with van der Waals surface area (Å²) in [5, 5.41) is 25.6. The average Bonchev–Trinajstić information content (AvgIpc) is 3.72.